The van der Waals surface area contributed by atoms with Crippen LogP contribution in [0.3, 0.4) is 0 Å². The Balaban J connectivity index is 1.78. The third-order valence-electron chi connectivity index (χ3n) is 3.78. The number of carbonyl (C=O) groups excluding carboxylic acids is 1. The summed E-state index contributed by atoms with van der Waals surface area (Å²) >= 11 is 0. The van der Waals surface area contributed by atoms with Gasteiger partial charge in [-0.25, -0.2) is 4.79 Å². The van der Waals surface area contributed by atoms with Gasteiger partial charge < -0.3 is 15.1 Å². The Bertz CT molecular complexity index is 742. The highest BCUT2D eigenvalue weighted by molar-refractivity contribution is 5.75. The molecule has 1 saturated heterocycles. The van der Waals surface area contributed by atoms with E-state index in [4.69, 9.17) is 0 Å². The van der Waals surface area contributed by atoms with E-state index in [1.165, 1.54) is 6.20 Å². The van der Waals surface area contributed by atoms with Crippen LogP contribution in [0.4, 0.5) is 10.7 Å². The van der Waals surface area contributed by atoms with Crippen LogP contribution in [0.25, 0.3) is 11.0 Å². The van der Waals surface area contributed by atoms with Crippen LogP contribution in [0.1, 0.15) is 6.92 Å². The highest BCUT2D eigenvalue weighted by atomic mass is 16.2. The lowest BCUT2D eigenvalue weighted by Gasteiger charge is -2.34. The van der Waals surface area contributed by atoms with Gasteiger partial charge in [0.2, 0.25) is 5.95 Å². The van der Waals surface area contributed by atoms with E-state index in [-0.39, 0.29) is 11.6 Å². The number of amides is 2. The van der Waals surface area contributed by atoms with Gasteiger partial charge in [-0.05, 0) is 6.92 Å². The average Bonchev–Trinajstić information content (AvgIpc) is 2.90. The summed E-state index contributed by atoms with van der Waals surface area (Å²) in [6, 6.07) is -0.0503. The molecule has 9 heteroatoms. The molecule has 2 N–H and O–H groups in total. The van der Waals surface area contributed by atoms with Crippen LogP contribution >= 0.6 is 0 Å². The minimum Gasteiger partial charge on any atom is -0.339 e. The minimum absolute atomic E-state index is 0.0503. The first-order valence-corrected chi connectivity index (χ1v) is 7.30. The van der Waals surface area contributed by atoms with Gasteiger partial charge in [0.15, 0.2) is 5.65 Å². The van der Waals surface area contributed by atoms with E-state index >= 15 is 0 Å². The van der Waals surface area contributed by atoms with Crippen molar-refractivity contribution in [2.45, 2.75) is 6.92 Å². The van der Waals surface area contributed by atoms with Crippen LogP contribution in [-0.4, -0.2) is 63.4 Å². The van der Waals surface area contributed by atoms with Gasteiger partial charge in [-0.3, -0.25) is 14.5 Å². The second-order valence-corrected chi connectivity index (χ2v) is 5.20. The Morgan fingerprint density at radius 3 is 2.77 bits per heavy atom. The molecule has 0 saturated carbocycles. The number of piperazine rings is 1. The van der Waals surface area contributed by atoms with Crippen LogP contribution in [0, 0.1) is 0 Å². The van der Waals surface area contributed by atoms with Crippen LogP contribution < -0.4 is 15.8 Å². The van der Waals surface area contributed by atoms with E-state index in [1.54, 1.807) is 16.6 Å². The highest BCUT2D eigenvalue weighted by Crippen LogP contribution is 2.13. The summed E-state index contributed by atoms with van der Waals surface area (Å²) in [4.78, 5) is 34.9. The number of nitrogens with one attached hydrogen (secondary N) is 2. The van der Waals surface area contributed by atoms with Crippen LogP contribution in [0.2, 0.25) is 0 Å². The largest absolute Gasteiger partial charge is 0.339 e. The molecule has 1 aliphatic heterocycles. The Morgan fingerprint density at radius 2 is 2.09 bits per heavy atom. The summed E-state index contributed by atoms with van der Waals surface area (Å²) in [5.74, 6) is 0.525. The monoisotopic (exact) mass is 305 g/mol. The Kier molecular flexibility index (Phi) is 3.70. The zero-order valence-electron chi connectivity index (χ0n) is 12.7. The smallest absolute Gasteiger partial charge is 0.317 e. The van der Waals surface area contributed by atoms with Crippen LogP contribution in [0.5, 0.6) is 0 Å². The fourth-order valence-corrected chi connectivity index (χ4v) is 2.56. The molecule has 1 aliphatic rings. The predicted octanol–water partition coefficient (Wildman–Crippen LogP) is -0.492. The first-order valence-electron chi connectivity index (χ1n) is 7.30. The molecule has 118 valence electrons. The molecule has 0 spiro atoms. The quantitative estimate of drug-likeness (QED) is 0.780. The van der Waals surface area contributed by atoms with Crippen molar-refractivity contribution in [3.8, 4) is 0 Å². The van der Waals surface area contributed by atoms with E-state index in [0.29, 0.717) is 49.7 Å². The summed E-state index contributed by atoms with van der Waals surface area (Å²) in [6.07, 6.45) is 1.51. The summed E-state index contributed by atoms with van der Waals surface area (Å²) in [7, 11) is 1.76. The molecule has 0 radical (unpaired) electrons. The van der Waals surface area contributed by atoms with Gasteiger partial charge in [0, 0.05) is 39.8 Å². The van der Waals surface area contributed by atoms with Gasteiger partial charge in [-0.1, -0.05) is 0 Å². The first kappa shape index (κ1) is 14.4. The molecule has 0 atom stereocenters. The van der Waals surface area contributed by atoms with Crippen molar-refractivity contribution in [1.29, 1.82) is 0 Å². The van der Waals surface area contributed by atoms with Crippen LogP contribution in [-0.2, 0) is 7.05 Å². The number of urea groups is 1. The molecular weight excluding hydrogens is 286 g/mol. The molecule has 1 fully saturated rings. The molecule has 2 aromatic rings. The van der Waals surface area contributed by atoms with Gasteiger partial charge in [0.1, 0.15) is 5.39 Å². The van der Waals surface area contributed by atoms with Crippen molar-refractivity contribution >= 4 is 23.0 Å². The SMILES string of the molecule is CCNC(=O)N1CCN(c2nc3c(cnn3C)c(=O)[nH]2)CC1. The fraction of sp³-hybridized carbons (Fsp3) is 0.538. The highest BCUT2D eigenvalue weighted by Gasteiger charge is 2.22. The van der Waals surface area contributed by atoms with Crippen molar-refractivity contribution < 1.29 is 4.79 Å². The second-order valence-electron chi connectivity index (χ2n) is 5.20. The lowest BCUT2D eigenvalue weighted by Crippen LogP contribution is -2.52. The van der Waals surface area contributed by atoms with Crippen LogP contribution in [0.15, 0.2) is 11.0 Å². The number of hydrogen-bond acceptors (Lipinski definition) is 5. The standard InChI is InChI=1S/C13H19N7O2/c1-3-14-13(22)20-6-4-19(5-7-20)12-16-10-9(11(21)17-12)8-15-18(10)2/h8H,3-7H2,1-2H3,(H,14,22)(H,16,17,21). The van der Waals surface area contributed by atoms with Gasteiger partial charge >= 0.3 is 6.03 Å². The number of aromatic amines is 1. The molecule has 0 bridgehead atoms. The fourth-order valence-electron chi connectivity index (χ4n) is 2.56. The number of aryl methyl sites for hydroxylation is 1. The molecule has 3 heterocycles. The Labute approximate surface area is 126 Å². The number of aromatic nitrogens is 4. The van der Waals surface area contributed by atoms with Crippen molar-refractivity contribution in [3.63, 3.8) is 0 Å². The zero-order valence-corrected chi connectivity index (χ0v) is 12.7. The Morgan fingerprint density at radius 1 is 1.36 bits per heavy atom. The molecule has 0 aromatic carbocycles. The third kappa shape index (κ3) is 2.49. The van der Waals surface area contributed by atoms with E-state index in [0.717, 1.165) is 0 Å². The maximum absolute atomic E-state index is 12.1. The Hall–Kier alpha value is -2.58. The second kappa shape index (κ2) is 5.66. The number of carbonyl (C=O) groups is 1. The molecule has 0 aliphatic carbocycles. The lowest BCUT2D eigenvalue weighted by atomic mass is 10.3. The van der Waals surface area contributed by atoms with E-state index in [1.807, 2.05) is 11.8 Å². The molecule has 2 aromatic heterocycles. The van der Waals surface area contributed by atoms with Crippen molar-refractivity contribution in [2.75, 3.05) is 37.6 Å². The van der Waals surface area contributed by atoms with E-state index in [9.17, 15) is 9.59 Å². The van der Waals surface area contributed by atoms with E-state index in [2.05, 4.69) is 20.4 Å². The average molecular weight is 305 g/mol. The zero-order chi connectivity index (χ0) is 15.7. The molecule has 9 nitrogen and oxygen atoms in total. The number of rotatable bonds is 2. The van der Waals surface area contributed by atoms with Crippen molar-refractivity contribution in [3.05, 3.63) is 16.6 Å². The number of nitrogens with zero attached hydrogens (tertiary/aromatic N) is 5. The third-order valence-corrected chi connectivity index (χ3v) is 3.78. The summed E-state index contributed by atoms with van der Waals surface area (Å²) < 4.78 is 1.58. The lowest BCUT2D eigenvalue weighted by molar-refractivity contribution is 0.194. The van der Waals surface area contributed by atoms with Gasteiger partial charge in [-0.2, -0.15) is 10.1 Å². The summed E-state index contributed by atoms with van der Waals surface area (Å²) in [6.45, 7) is 4.96. The normalized spacial score (nSPS) is 15.4. The molecule has 2 amide bonds. The van der Waals surface area contributed by atoms with Gasteiger partial charge in [0.25, 0.3) is 5.56 Å². The topological polar surface area (TPSA) is 99.2 Å². The number of anilines is 1. The number of hydrogen-bond donors (Lipinski definition) is 2. The van der Waals surface area contributed by atoms with Crippen molar-refractivity contribution in [2.24, 2.45) is 7.05 Å². The predicted molar refractivity (Wildman–Crippen MR) is 82.0 cm³/mol. The maximum atomic E-state index is 12.1. The molecule has 0 unspecified atom stereocenters. The molecule has 22 heavy (non-hydrogen) atoms. The summed E-state index contributed by atoms with van der Waals surface area (Å²) in [5, 5.41) is 7.32. The minimum atomic E-state index is -0.195. The van der Waals surface area contributed by atoms with Gasteiger partial charge in [0.05, 0.1) is 6.20 Å². The first-order chi connectivity index (χ1) is 10.6. The van der Waals surface area contributed by atoms with Gasteiger partial charge in [-0.15, -0.1) is 0 Å². The number of H-pyrrole nitrogens is 1. The maximum Gasteiger partial charge on any atom is 0.317 e. The molecule has 3 rings (SSSR count). The number of fused-ring (bicyclic) bond motifs is 1. The van der Waals surface area contributed by atoms with E-state index < -0.39 is 0 Å². The molecular formula is C13H19N7O2. The van der Waals surface area contributed by atoms with Crippen molar-refractivity contribution in [1.82, 2.24) is 30.0 Å². The summed E-state index contributed by atoms with van der Waals surface area (Å²) in [5.41, 5.74) is 0.365.